The summed E-state index contributed by atoms with van der Waals surface area (Å²) in [5.41, 5.74) is 1.14. The molecule has 1 aromatic carbocycles. The molecule has 2 aliphatic carbocycles. The van der Waals surface area contributed by atoms with Crippen LogP contribution in [0.2, 0.25) is 5.02 Å². The number of methoxy groups -OCH3 is 1. The Bertz CT molecular complexity index is 1820. The van der Waals surface area contributed by atoms with Crippen molar-refractivity contribution >= 4 is 35.5 Å². The molecule has 3 aromatic rings. The lowest BCUT2D eigenvalue weighted by atomic mass is 9.94. The molecule has 0 radical (unpaired) electrons. The highest BCUT2D eigenvalue weighted by Gasteiger charge is 2.47. The highest BCUT2D eigenvalue weighted by atomic mass is 35.5. The van der Waals surface area contributed by atoms with Crippen LogP contribution in [0.25, 0.3) is 5.82 Å². The Morgan fingerprint density at radius 3 is 2.55 bits per heavy atom. The van der Waals surface area contributed by atoms with Gasteiger partial charge in [-0.15, -0.1) is 0 Å². The second-order valence-electron chi connectivity index (χ2n) is 15.5. The number of nitrogens with zero attached hydrogens (tertiary/aromatic N) is 4. The second-order valence-corrected chi connectivity index (χ2v) is 15.9. The summed E-state index contributed by atoms with van der Waals surface area (Å²) in [4.78, 5) is 59.6. The lowest BCUT2D eigenvalue weighted by molar-refractivity contribution is -0.446. The normalized spacial score (nSPS) is 22.3. The number of carboxylic acid groups (broad SMARTS) is 1. The largest absolute Gasteiger partial charge is 0.469 e. The van der Waals surface area contributed by atoms with E-state index < -0.39 is 29.6 Å². The SMILES string of the molecule is COC(=O)C(C)CC1CC(C)C(O)(OOC2CCCCC2)C1.Cc1cnc(NC2CCOCC2)nc1-n1cnc(C(=O)NC(CNC(=O)O)c2cc(F)cc(Cl)c2)c1. The number of aromatic nitrogens is 4. The van der Waals surface area contributed by atoms with Crippen LogP contribution in [-0.4, -0.2) is 92.5 Å². The van der Waals surface area contributed by atoms with E-state index in [2.05, 4.69) is 30.9 Å². The molecule has 5 N–H and O–H groups in total. The van der Waals surface area contributed by atoms with Gasteiger partial charge in [0.2, 0.25) is 11.7 Å². The third-order valence-corrected chi connectivity index (χ3v) is 11.0. The van der Waals surface area contributed by atoms with Crippen LogP contribution in [0.3, 0.4) is 0 Å². The fourth-order valence-corrected chi connectivity index (χ4v) is 7.81. The molecule has 1 aliphatic heterocycles. The summed E-state index contributed by atoms with van der Waals surface area (Å²) >= 11 is 5.94. The summed E-state index contributed by atoms with van der Waals surface area (Å²) in [7, 11) is 1.41. The molecular formula is C40H55ClFN7O9. The van der Waals surface area contributed by atoms with Crippen LogP contribution in [0.5, 0.6) is 0 Å². The number of carbonyl (C=O) groups excluding carboxylic acids is 2. The number of benzene rings is 1. The quantitative estimate of drug-likeness (QED) is 0.0524. The van der Waals surface area contributed by atoms with Gasteiger partial charge in [0.25, 0.3) is 5.91 Å². The van der Waals surface area contributed by atoms with Gasteiger partial charge in [-0.25, -0.2) is 28.9 Å². The highest BCUT2D eigenvalue weighted by molar-refractivity contribution is 6.30. The predicted molar refractivity (Wildman–Crippen MR) is 211 cm³/mol. The first kappa shape index (κ1) is 44.7. The van der Waals surface area contributed by atoms with Crippen LogP contribution >= 0.6 is 11.6 Å². The van der Waals surface area contributed by atoms with E-state index in [1.54, 1.807) is 10.8 Å². The number of imidazole rings is 1. The Labute approximate surface area is 342 Å². The van der Waals surface area contributed by atoms with E-state index in [1.807, 2.05) is 20.8 Å². The first-order valence-electron chi connectivity index (χ1n) is 19.8. The molecule has 2 saturated carbocycles. The van der Waals surface area contributed by atoms with Crippen molar-refractivity contribution in [2.75, 3.05) is 32.2 Å². The first-order chi connectivity index (χ1) is 27.7. The summed E-state index contributed by atoms with van der Waals surface area (Å²) in [5, 5.41) is 28.0. The number of hydrogen-bond acceptors (Lipinski definition) is 12. The standard InChI is InChI=1S/C23H25ClFN7O4.C17H30O5/c1-13-9-26-22(29-17-2-4-36-5-3-17)31-20(13)32-11-19(28-12-32)21(33)30-18(10-27-23(34)35)14-6-15(24)8-16(25)7-14;1-12(16(18)20-3)9-14-10-13(2)17(19,11-14)22-21-15-7-5-4-6-8-15/h6-9,11-12,17-18,27H,2-5,10H2,1H3,(H,30,33)(H,34,35)(H,26,29,31);12-15,19H,4-11H2,1-3H3. The van der Waals surface area contributed by atoms with Gasteiger partial charge in [0.05, 0.1) is 25.2 Å². The molecule has 3 aliphatic rings. The number of amides is 2. The van der Waals surface area contributed by atoms with Crippen molar-refractivity contribution in [3.63, 3.8) is 0 Å². The average Bonchev–Trinajstić information content (AvgIpc) is 3.80. The molecule has 5 atom stereocenters. The van der Waals surface area contributed by atoms with E-state index >= 15 is 0 Å². The zero-order chi connectivity index (χ0) is 41.8. The van der Waals surface area contributed by atoms with Crippen molar-refractivity contribution in [2.24, 2.45) is 17.8 Å². The van der Waals surface area contributed by atoms with Crippen LogP contribution in [0.15, 0.2) is 36.9 Å². The zero-order valence-electron chi connectivity index (χ0n) is 33.4. The maximum absolute atomic E-state index is 13.9. The van der Waals surface area contributed by atoms with Gasteiger partial charge in [-0.05, 0) is 75.1 Å². The average molecular weight is 832 g/mol. The Kier molecular flexibility index (Phi) is 16.2. The fourth-order valence-electron chi connectivity index (χ4n) is 7.58. The molecule has 0 spiro atoms. The summed E-state index contributed by atoms with van der Waals surface area (Å²) in [6, 6.07) is 3.07. The summed E-state index contributed by atoms with van der Waals surface area (Å²) in [5.74, 6) is -1.49. The molecule has 2 amide bonds. The second kappa shape index (κ2) is 21.0. The smallest absolute Gasteiger partial charge is 0.404 e. The third kappa shape index (κ3) is 12.8. The molecule has 0 bridgehead atoms. The zero-order valence-corrected chi connectivity index (χ0v) is 34.2. The molecule has 3 fully saturated rings. The molecular weight excluding hydrogens is 777 g/mol. The number of aryl methyl sites for hydroxylation is 1. The predicted octanol–water partition coefficient (Wildman–Crippen LogP) is 6.29. The van der Waals surface area contributed by atoms with E-state index in [9.17, 15) is 23.9 Å². The number of nitrogens with one attached hydrogen (secondary N) is 3. The highest BCUT2D eigenvalue weighted by Crippen LogP contribution is 2.43. The number of carbonyl (C=O) groups is 3. The topological polar surface area (TPSA) is 208 Å². The van der Waals surface area contributed by atoms with Gasteiger partial charge in [-0.1, -0.05) is 44.7 Å². The van der Waals surface area contributed by atoms with E-state index in [1.165, 1.54) is 51.0 Å². The van der Waals surface area contributed by atoms with Crippen molar-refractivity contribution in [2.45, 2.75) is 109 Å². The Hall–Kier alpha value is -4.42. The van der Waals surface area contributed by atoms with E-state index in [0.29, 0.717) is 43.4 Å². The number of hydrogen-bond donors (Lipinski definition) is 5. The van der Waals surface area contributed by atoms with Gasteiger partial charge in [0.15, 0.2) is 0 Å². The van der Waals surface area contributed by atoms with Crippen LogP contribution in [0.1, 0.15) is 106 Å². The number of rotatable bonds is 14. The molecule has 6 rings (SSSR count). The number of esters is 1. The van der Waals surface area contributed by atoms with E-state index in [0.717, 1.165) is 43.7 Å². The summed E-state index contributed by atoms with van der Waals surface area (Å²) < 4.78 is 25.6. The van der Waals surface area contributed by atoms with Gasteiger partial charge in [-0.3, -0.25) is 14.2 Å². The Morgan fingerprint density at radius 1 is 1.12 bits per heavy atom. The van der Waals surface area contributed by atoms with Crippen molar-refractivity contribution < 1.29 is 48.2 Å². The molecule has 1 saturated heterocycles. The Balaban J connectivity index is 0.000000249. The van der Waals surface area contributed by atoms with Crippen molar-refractivity contribution in [3.8, 4) is 5.82 Å². The lowest BCUT2D eigenvalue weighted by Gasteiger charge is -2.30. The number of ether oxygens (including phenoxy) is 2. The summed E-state index contributed by atoms with van der Waals surface area (Å²) in [6.07, 6.45) is 12.9. The van der Waals surface area contributed by atoms with Crippen LogP contribution in [-0.2, 0) is 24.0 Å². The number of halogens is 2. The Morgan fingerprint density at radius 2 is 1.86 bits per heavy atom. The molecule has 318 valence electrons. The third-order valence-electron chi connectivity index (χ3n) is 10.8. The molecule has 3 heterocycles. The van der Waals surface area contributed by atoms with Gasteiger partial charge < -0.3 is 35.6 Å². The van der Waals surface area contributed by atoms with E-state index in [-0.39, 0.29) is 53.1 Å². The van der Waals surface area contributed by atoms with Crippen LogP contribution < -0.4 is 16.0 Å². The molecule has 18 heteroatoms. The van der Waals surface area contributed by atoms with Gasteiger partial charge in [0, 0.05) is 61.1 Å². The molecule has 2 aromatic heterocycles. The van der Waals surface area contributed by atoms with Gasteiger partial charge >= 0.3 is 12.1 Å². The maximum atomic E-state index is 13.9. The molecule has 58 heavy (non-hydrogen) atoms. The number of aliphatic hydroxyl groups is 1. The van der Waals surface area contributed by atoms with Crippen LogP contribution in [0, 0.1) is 30.5 Å². The fraction of sp³-hybridized carbons (Fsp3) is 0.600. The minimum absolute atomic E-state index is 0.00550. The monoisotopic (exact) mass is 831 g/mol. The minimum atomic E-state index is -1.29. The van der Waals surface area contributed by atoms with Gasteiger partial charge in [0.1, 0.15) is 23.7 Å². The minimum Gasteiger partial charge on any atom is -0.469 e. The van der Waals surface area contributed by atoms with Crippen LogP contribution in [0.4, 0.5) is 15.1 Å². The molecule has 16 nitrogen and oxygen atoms in total. The van der Waals surface area contributed by atoms with Crippen molar-refractivity contribution in [1.82, 2.24) is 30.2 Å². The van der Waals surface area contributed by atoms with Crippen molar-refractivity contribution in [1.29, 1.82) is 0 Å². The first-order valence-corrected chi connectivity index (χ1v) is 20.2. The summed E-state index contributed by atoms with van der Waals surface area (Å²) in [6.45, 7) is 6.85. The maximum Gasteiger partial charge on any atom is 0.404 e. The number of anilines is 1. The molecule has 5 unspecified atom stereocenters. The van der Waals surface area contributed by atoms with Gasteiger partial charge in [-0.2, -0.15) is 4.98 Å². The van der Waals surface area contributed by atoms with Crippen molar-refractivity contribution in [3.05, 3.63) is 64.6 Å². The lowest BCUT2D eigenvalue weighted by Crippen LogP contribution is -2.37. The van der Waals surface area contributed by atoms with E-state index in [4.69, 9.17) is 36.0 Å².